The predicted molar refractivity (Wildman–Crippen MR) is 123 cm³/mol. The molecule has 1 fully saturated rings. The highest BCUT2D eigenvalue weighted by Gasteiger charge is 2.43. The lowest BCUT2D eigenvalue weighted by Gasteiger charge is -2.33. The molecule has 4 rings (SSSR count). The fraction of sp³-hybridized carbons (Fsp3) is 0.385. The van der Waals surface area contributed by atoms with Crippen LogP contribution < -0.4 is 9.64 Å². The first kappa shape index (κ1) is 21.2. The van der Waals surface area contributed by atoms with Gasteiger partial charge in [-0.15, -0.1) is 0 Å². The predicted octanol–water partition coefficient (Wildman–Crippen LogP) is 4.72. The van der Waals surface area contributed by atoms with Crippen LogP contribution in [0.15, 0.2) is 48.2 Å². The van der Waals surface area contributed by atoms with E-state index in [2.05, 4.69) is 18.7 Å². The van der Waals surface area contributed by atoms with Crippen molar-refractivity contribution in [2.75, 3.05) is 24.6 Å². The fourth-order valence-corrected chi connectivity index (χ4v) is 4.45. The summed E-state index contributed by atoms with van der Waals surface area (Å²) in [6.07, 6.45) is 2.17. The number of piperidine rings is 1. The minimum absolute atomic E-state index is 0.239. The Balaban J connectivity index is 1.78. The number of carbonyl (C=O) groups excluding carboxylic acids is 2. The molecule has 0 radical (unpaired) electrons. The van der Waals surface area contributed by atoms with Gasteiger partial charge < -0.3 is 9.64 Å². The second kappa shape index (κ2) is 8.58. The first-order valence-electron chi connectivity index (χ1n) is 11.1. The topological polar surface area (TPSA) is 49.9 Å². The zero-order valence-corrected chi connectivity index (χ0v) is 18.8. The molecule has 2 aliphatic heterocycles. The van der Waals surface area contributed by atoms with Crippen molar-refractivity contribution in [3.8, 4) is 5.75 Å². The summed E-state index contributed by atoms with van der Waals surface area (Å²) in [6, 6.07) is 13.2. The molecule has 0 aromatic heterocycles. The Morgan fingerprint density at radius 3 is 2.39 bits per heavy atom. The number of imide groups is 1. The van der Waals surface area contributed by atoms with Crippen molar-refractivity contribution < 1.29 is 14.3 Å². The normalized spacial score (nSPS) is 19.4. The molecule has 0 N–H and O–H groups in total. The molecule has 0 bridgehead atoms. The van der Waals surface area contributed by atoms with E-state index in [9.17, 15) is 9.59 Å². The number of aryl methyl sites for hydroxylation is 2. The van der Waals surface area contributed by atoms with Crippen LogP contribution in [-0.4, -0.2) is 36.4 Å². The van der Waals surface area contributed by atoms with E-state index in [1.165, 1.54) is 4.90 Å². The number of benzene rings is 2. The number of likely N-dealkylation sites (tertiary alicyclic amines) is 1. The van der Waals surface area contributed by atoms with Crippen LogP contribution in [0.25, 0.3) is 5.57 Å². The van der Waals surface area contributed by atoms with Gasteiger partial charge in [0, 0.05) is 13.1 Å². The molecule has 0 aliphatic carbocycles. The summed E-state index contributed by atoms with van der Waals surface area (Å²) in [5.74, 6) is 0.713. The van der Waals surface area contributed by atoms with E-state index in [4.69, 9.17) is 4.74 Å². The highest BCUT2D eigenvalue weighted by atomic mass is 16.5. The van der Waals surface area contributed by atoms with E-state index >= 15 is 0 Å². The molecule has 1 saturated heterocycles. The van der Waals surface area contributed by atoms with Crippen molar-refractivity contribution in [1.29, 1.82) is 0 Å². The van der Waals surface area contributed by atoms with Crippen LogP contribution >= 0.6 is 0 Å². The first-order valence-corrected chi connectivity index (χ1v) is 11.1. The lowest BCUT2D eigenvalue weighted by molar-refractivity contribution is -0.120. The summed E-state index contributed by atoms with van der Waals surface area (Å²) in [4.78, 5) is 30.7. The highest BCUT2D eigenvalue weighted by Crippen LogP contribution is 2.37. The molecule has 0 spiro atoms. The molecule has 0 saturated carbocycles. The summed E-state index contributed by atoms with van der Waals surface area (Å²) in [5, 5.41) is 0. The highest BCUT2D eigenvalue weighted by molar-refractivity contribution is 6.45. The molecule has 5 nitrogen and oxygen atoms in total. The van der Waals surface area contributed by atoms with E-state index in [1.54, 1.807) is 24.3 Å². The summed E-state index contributed by atoms with van der Waals surface area (Å²) < 4.78 is 5.51. The second-order valence-electron chi connectivity index (χ2n) is 8.59. The maximum Gasteiger partial charge on any atom is 0.282 e. The number of hydrogen-bond acceptors (Lipinski definition) is 4. The standard InChI is InChI=1S/C26H30N2O3/c1-5-31-22-12-10-21(11-13-22)28-25(29)23(20-9-8-18(3)19(4)15-20)24(26(28)30)27-14-6-7-17(2)16-27/h8-13,15,17H,5-7,14,16H2,1-4H3. The fourth-order valence-electron chi connectivity index (χ4n) is 4.45. The van der Waals surface area contributed by atoms with Crippen LogP contribution in [0.1, 0.15) is 43.4 Å². The maximum atomic E-state index is 13.6. The lowest BCUT2D eigenvalue weighted by Crippen LogP contribution is -2.39. The number of anilines is 1. The zero-order valence-electron chi connectivity index (χ0n) is 18.8. The second-order valence-corrected chi connectivity index (χ2v) is 8.59. The molecule has 1 unspecified atom stereocenters. The molecule has 1 atom stereocenters. The molecule has 2 aliphatic rings. The van der Waals surface area contributed by atoms with Crippen molar-refractivity contribution in [3.05, 3.63) is 64.9 Å². The van der Waals surface area contributed by atoms with Crippen LogP contribution in [0, 0.1) is 19.8 Å². The smallest absolute Gasteiger partial charge is 0.282 e. The van der Waals surface area contributed by atoms with Crippen LogP contribution in [0.4, 0.5) is 5.69 Å². The molecule has 2 aromatic carbocycles. The van der Waals surface area contributed by atoms with Crippen LogP contribution in [0.2, 0.25) is 0 Å². The number of ether oxygens (including phenoxy) is 1. The van der Waals surface area contributed by atoms with Gasteiger partial charge >= 0.3 is 0 Å². The maximum absolute atomic E-state index is 13.6. The molecule has 162 valence electrons. The Hall–Kier alpha value is -3.08. The van der Waals surface area contributed by atoms with Gasteiger partial charge in [-0.25, -0.2) is 4.90 Å². The van der Waals surface area contributed by atoms with Gasteiger partial charge in [-0.1, -0.05) is 25.1 Å². The van der Waals surface area contributed by atoms with Gasteiger partial charge in [0.1, 0.15) is 11.4 Å². The third kappa shape index (κ3) is 3.97. The van der Waals surface area contributed by atoms with Crippen LogP contribution in [-0.2, 0) is 9.59 Å². The van der Waals surface area contributed by atoms with E-state index < -0.39 is 0 Å². The molecule has 31 heavy (non-hydrogen) atoms. The van der Waals surface area contributed by atoms with E-state index in [0.29, 0.717) is 29.5 Å². The lowest BCUT2D eigenvalue weighted by atomic mass is 9.96. The molecule has 2 amide bonds. The third-order valence-electron chi connectivity index (χ3n) is 6.23. The summed E-state index contributed by atoms with van der Waals surface area (Å²) in [5.41, 5.74) is 4.70. The Kier molecular flexibility index (Phi) is 5.86. The Labute approximate surface area is 184 Å². The average molecular weight is 419 g/mol. The molecular weight excluding hydrogens is 388 g/mol. The quantitative estimate of drug-likeness (QED) is 0.660. The van der Waals surface area contributed by atoms with Crippen molar-refractivity contribution in [2.24, 2.45) is 5.92 Å². The van der Waals surface area contributed by atoms with Crippen LogP contribution in [0.3, 0.4) is 0 Å². The molecule has 5 heteroatoms. The number of hydrogen-bond donors (Lipinski definition) is 0. The minimum Gasteiger partial charge on any atom is -0.494 e. The van der Waals surface area contributed by atoms with E-state index in [0.717, 1.165) is 48.4 Å². The van der Waals surface area contributed by atoms with Gasteiger partial charge in [0.2, 0.25) is 0 Å². The van der Waals surface area contributed by atoms with Gasteiger partial charge in [-0.2, -0.15) is 0 Å². The summed E-state index contributed by atoms with van der Waals surface area (Å²) in [6.45, 7) is 10.4. The molecular formula is C26H30N2O3. The Morgan fingerprint density at radius 1 is 1.00 bits per heavy atom. The van der Waals surface area contributed by atoms with Crippen molar-refractivity contribution >= 4 is 23.1 Å². The van der Waals surface area contributed by atoms with Gasteiger partial charge in [0.15, 0.2) is 0 Å². The number of carbonyl (C=O) groups is 2. The number of amides is 2. The SMILES string of the molecule is CCOc1ccc(N2C(=O)C(c3ccc(C)c(C)c3)=C(N3CCCC(C)C3)C2=O)cc1. The number of rotatable bonds is 5. The van der Waals surface area contributed by atoms with Gasteiger partial charge in [-0.05, 0) is 80.5 Å². The van der Waals surface area contributed by atoms with E-state index in [1.807, 2.05) is 32.0 Å². The van der Waals surface area contributed by atoms with Crippen LogP contribution in [0.5, 0.6) is 5.75 Å². The first-order chi connectivity index (χ1) is 14.9. The van der Waals surface area contributed by atoms with Crippen molar-refractivity contribution in [1.82, 2.24) is 4.90 Å². The monoisotopic (exact) mass is 418 g/mol. The van der Waals surface area contributed by atoms with Gasteiger partial charge in [0.05, 0.1) is 17.9 Å². The Morgan fingerprint density at radius 2 is 1.74 bits per heavy atom. The largest absolute Gasteiger partial charge is 0.494 e. The third-order valence-corrected chi connectivity index (χ3v) is 6.23. The molecule has 2 aromatic rings. The minimum atomic E-state index is -0.259. The summed E-state index contributed by atoms with van der Waals surface area (Å²) in [7, 11) is 0. The van der Waals surface area contributed by atoms with Gasteiger partial charge in [0.25, 0.3) is 11.8 Å². The van der Waals surface area contributed by atoms with Crippen molar-refractivity contribution in [3.63, 3.8) is 0 Å². The zero-order chi connectivity index (χ0) is 22.1. The Bertz CT molecular complexity index is 1040. The van der Waals surface area contributed by atoms with Crippen molar-refractivity contribution in [2.45, 2.75) is 40.5 Å². The molecule has 2 heterocycles. The van der Waals surface area contributed by atoms with E-state index in [-0.39, 0.29) is 11.8 Å². The summed E-state index contributed by atoms with van der Waals surface area (Å²) >= 11 is 0. The van der Waals surface area contributed by atoms with Gasteiger partial charge in [-0.3, -0.25) is 9.59 Å². The number of nitrogens with zero attached hydrogens (tertiary/aromatic N) is 2. The average Bonchev–Trinajstić information content (AvgIpc) is 3.01.